The minimum absolute atomic E-state index is 0.111. The van der Waals surface area contributed by atoms with Crippen LogP contribution in [0.4, 0.5) is 5.13 Å². The molecule has 0 saturated heterocycles. The number of para-hydroxylation sites is 1. The van der Waals surface area contributed by atoms with Crippen LogP contribution in [0.3, 0.4) is 0 Å². The molecule has 4 rings (SSSR count). The van der Waals surface area contributed by atoms with Crippen molar-refractivity contribution in [1.29, 1.82) is 0 Å². The van der Waals surface area contributed by atoms with Crippen LogP contribution in [0, 0.1) is 6.92 Å². The van der Waals surface area contributed by atoms with Crippen molar-refractivity contribution in [2.24, 2.45) is 0 Å². The second kappa shape index (κ2) is 8.66. The SMILES string of the molecule is Cc1nc(COc2ccccc2C(=O)Nc2ncc(Cc3ccccc3)s2)no1. The highest BCUT2D eigenvalue weighted by atomic mass is 32.1. The van der Waals surface area contributed by atoms with Crippen molar-refractivity contribution in [3.8, 4) is 5.75 Å². The largest absolute Gasteiger partial charge is 0.485 e. The van der Waals surface area contributed by atoms with Crippen LogP contribution in [-0.4, -0.2) is 21.0 Å². The predicted molar refractivity (Wildman–Crippen MR) is 109 cm³/mol. The summed E-state index contributed by atoms with van der Waals surface area (Å²) in [5, 5.41) is 7.18. The molecule has 0 bridgehead atoms. The van der Waals surface area contributed by atoms with Crippen molar-refractivity contribution in [1.82, 2.24) is 15.1 Å². The van der Waals surface area contributed by atoms with Crippen molar-refractivity contribution >= 4 is 22.4 Å². The molecule has 1 amide bonds. The summed E-state index contributed by atoms with van der Waals surface area (Å²) in [5.41, 5.74) is 1.61. The summed E-state index contributed by atoms with van der Waals surface area (Å²) in [5.74, 6) is 1.03. The number of ether oxygens (including phenoxy) is 1. The number of rotatable bonds is 7. The smallest absolute Gasteiger partial charge is 0.261 e. The van der Waals surface area contributed by atoms with Gasteiger partial charge >= 0.3 is 0 Å². The minimum Gasteiger partial charge on any atom is -0.485 e. The van der Waals surface area contributed by atoms with Gasteiger partial charge in [-0.1, -0.05) is 47.6 Å². The second-order valence-electron chi connectivity index (χ2n) is 6.26. The Labute approximate surface area is 171 Å². The Hall–Kier alpha value is -3.52. The number of nitrogens with one attached hydrogen (secondary N) is 1. The lowest BCUT2D eigenvalue weighted by Gasteiger charge is -2.09. The van der Waals surface area contributed by atoms with Gasteiger partial charge in [-0.05, 0) is 17.7 Å². The Balaban J connectivity index is 1.42. The van der Waals surface area contributed by atoms with Crippen LogP contribution in [0.1, 0.15) is 32.5 Å². The van der Waals surface area contributed by atoms with Gasteiger partial charge in [0.25, 0.3) is 5.91 Å². The third kappa shape index (κ3) is 4.85. The van der Waals surface area contributed by atoms with Gasteiger partial charge in [0.2, 0.25) is 11.7 Å². The summed E-state index contributed by atoms with van der Waals surface area (Å²) >= 11 is 1.45. The van der Waals surface area contributed by atoms with Gasteiger partial charge in [0, 0.05) is 24.4 Å². The van der Waals surface area contributed by atoms with Crippen molar-refractivity contribution in [2.75, 3.05) is 5.32 Å². The number of hydrogen-bond donors (Lipinski definition) is 1. The molecule has 0 aliphatic carbocycles. The summed E-state index contributed by atoms with van der Waals surface area (Å²) in [6.07, 6.45) is 2.56. The lowest BCUT2D eigenvalue weighted by atomic mass is 10.1. The van der Waals surface area contributed by atoms with E-state index in [-0.39, 0.29) is 12.5 Å². The fourth-order valence-electron chi connectivity index (χ4n) is 2.73. The molecule has 0 saturated carbocycles. The first-order valence-electron chi connectivity index (χ1n) is 8.98. The molecule has 146 valence electrons. The molecule has 7 nitrogen and oxygen atoms in total. The van der Waals surface area contributed by atoms with E-state index < -0.39 is 0 Å². The van der Waals surface area contributed by atoms with Crippen LogP contribution in [0.25, 0.3) is 0 Å². The van der Waals surface area contributed by atoms with Crippen LogP contribution in [-0.2, 0) is 13.0 Å². The van der Waals surface area contributed by atoms with Crippen LogP contribution < -0.4 is 10.1 Å². The molecule has 0 atom stereocenters. The topological polar surface area (TPSA) is 90.1 Å². The molecule has 2 aromatic carbocycles. The third-order valence-corrected chi connectivity index (χ3v) is 4.97. The molecule has 0 aliphatic heterocycles. The van der Waals surface area contributed by atoms with Crippen LogP contribution in [0.15, 0.2) is 65.3 Å². The van der Waals surface area contributed by atoms with Gasteiger partial charge in [-0.2, -0.15) is 4.98 Å². The Morgan fingerprint density at radius 1 is 1.14 bits per heavy atom. The third-order valence-electron chi connectivity index (χ3n) is 4.05. The maximum absolute atomic E-state index is 12.7. The number of hydrogen-bond acceptors (Lipinski definition) is 7. The summed E-state index contributed by atoms with van der Waals surface area (Å²) in [4.78, 5) is 22.2. The molecule has 0 aliphatic rings. The summed E-state index contributed by atoms with van der Waals surface area (Å²) < 4.78 is 10.6. The molecule has 1 N–H and O–H groups in total. The molecule has 0 radical (unpaired) electrons. The van der Waals surface area contributed by atoms with E-state index in [2.05, 4.69) is 32.6 Å². The van der Waals surface area contributed by atoms with E-state index in [9.17, 15) is 4.79 Å². The van der Waals surface area contributed by atoms with E-state index in [0.29, 0.717) is 28.2 Å². The maximum Gasteiger partial charge on any atom is 0.261 e. The van der Waals surface area contributed by atoms with Crippen LogP contribution >= 0.6 is 11.3 Å². The van der Waals surface area contributed by atoms with Gasteiger partial charge in [-0.25, -0.2) is 4.98 Å². The monoisotopic (exact) mass is 406 g/mol. The van der Waals surface area contributed by atoms with Gasteiger partial charge in [0.05, 0.1) is 5.56 Å². The fourth-order valence-corrected chi connectivity index (χ4v) is 3.57. The highest BCUT2D eigenvalue weighted by Gasteiger charge is 2.15. The number of aromatic nitrogens is 3. The van der Waals surface area contributed by atoms with Crippen molar-refractivity contribution < 1.29 is 14.1 Å². The molecular weight excluding hydrogens is 388 g/mol. The zero-order valence-corrected chi connectivity index (χ0v) is 16.5. The molecule has 2 aromatic heterocycles. The molecule has 4 aromatic rings. The van der Waals surface area contributed by atoms with Gasteiger partial charge < -0.3 is 9.26 Å². The van der Waals surface area contributed by atoms with E-state index in [1.807, 2.05) is 18.2 Å². The molecular formula is C21H18N4O3S. The summed E-state index contributed by atoms with van der Waals surface area (Å²) in [7, 11) is 0. The van der Waals surface area contributed by atoms with E-state index in [0.717, 1.165) is 11.3 Å². The highest BCUT2D eigenvalue weighted by Crippen LogP contribution is 2.24. The fraction of sp³-hybridized carbons (Fsp3) is 0.143. The normalized spacial score (nSPS) is 10.7. The number of benzene rings is 2. The van der Waals surface area contributed by atoms with Gasteiger partial charge in [0.1, 0.15) is 5.75 Å². The van der Waals surface area contributed by atoms with Crippen LogP contribution in [0.5, 0.6) is 5.75 Å². The zero-order chi connectivity index (χ0) is 20.1. The standard InChI is InChI=1S/C21H18N4O3S/c1-14-23-19(25-28-14)13-27-18-10-6-5-9-17(18)20(26)24-21-22-12-16(29-21)11-15-7-3-2-4-8-15/h2-10,12H,11,13H2,1H3,(H,22,24,26). The lowest BCUT2D eigenvalue weighted by molar-refractivity contribution is 0.102. The van der Waals surface area contributed by atoms with Gasteiger partial charge in [0.15, 0.2) is 11.7 Å². The number of nitrogens with zero attached hydrogens (tertiary/aromatic N) is 3. The maximum atomic E-state index is 12.7. The number of carbonyl (C=O) groups excluding carboxylic acids is 1. The number of aryl methyl sites for hydroxylation is 1. The van der Waals surface area contributed by atoms with Gasteiger partial charge in [-0.15, -0.1) is 11.3 Å². The van der Waals surface area contributed by atoms with Gasteiger partial charge in [-0.3, -0.25) is 10.1 Å². The molecule has 2 heterocycles. The Bertz CT molecular complexity index is 1110. The Morgan fingerprint density at radius 3 is 2.72 bits per heavy atom. The first-order valence-corrected chi connectivity index (χ1v) is 9.80. The number of carbonyl (C=O) groups is 1. The quantitative estimate of drug-likeness (QED) is 0.493. The Morgan fingerprint density at radius 2 is 1.93 bits per heavy atom. The molecule has 0 spiro atoms. The van der Waals surface area contributed by atoms with Crippen LogP contribution in [0.2, 0.25) is 0 Å². The second-order valence-corrected chi connectivity index (χ2v) is 7.38. The van der Waals surface area contributed by atoms with E-state index >= 15 is 0 Å². The number of amides is 1. The number of thiazole rings is 1. The molecule has 8 heteroatoms. The first kappa shape index (κ1) is 18.8. The van der Waals surface area contributed by atoms with E-state index in [4.69, 9.17) is 9.26 Å². The summed E-state index contributed by atoms with van der Waals surface area (Å²) in [6.45, 7) is 1.82. The number of anilines is 1. The lowest BCUT2D eigenvalue weighted by Crippen LogP contribution is -2.13. The first-order chi connectivity index (χ1) is 14.2. The zero-order valence-electron chi connectivity index (χ0n) is 15.7. The van der Waals surface area contributed by atoms with Crippen molar-refractivity contribution in [3.05, 3.63) is 88.5 Å². The van der Waals surface area contributed by atoms with E-state index in [1.54, 1.807) is 37.4 Å². The summed E-state index contributed by atoms with van der Waals surface area (Å²) in [6, 6.07) is 17.1. The van der Waals surface area contributed by atoms with Crippen molar-refractivity contribution in [2.45, 2.75) is 20.0 Å². The van der Waals surface area contributed by atoms with E-state index in [1.165, 1.54) is 16.9 Å². The average molecular weight is 406 g/mol. The highest BCUT2D eigenvalue weighted by molar-refractivity contribution is 7.15. The molecule has 29 heavy (non-hydrogen) atoms. The minimum atomic E-state index is -0.287. The molecule has 0 unspecified atom stereocenters. The predicted octanol–water partition coefficient (Wildman–Crippen LogP) is 4.26. The Kier molecular flexibility index (Phi) is 5.62. The van der Waals surface area contributed by atoms with Crippen molar-refractivity contribution in [3.63, 3.8) is 0 Å². The molecule has 0 fully saturated rings. The average Bonchev–Trinajstić information content (AvgIpc) is 3.36.